The van der Waals surface area contributed by atoms with Crippen LogP contribution in [0.4, 0.5) is 0 Å². The first-order chi connectivity index (χ1) is 8.79. The SMILES string of the molecule is CCOC(=O)C1=CC2C(=NC3=C2CCCC3)C=C1. The van der Waals surface area contributed by atoms with Crippen molar-refractivity contribution in [1.82, 2.24) is 0 Å². The van der Waals surface area contributed by atoms with Crippen molar-refractivity contribution < 1.29 is 9.53 Å². The molecule has 3 heteroatoms. The fourth-order valence-electron chi connectivity index (χ4n) is 2.87. The molecule has 94 valence electrons. The average molecular weight is 243 g/mol. The number of esters is 1. The van der Waals surface area contributed by atoms with Crippen molar-refractivity contribution in [3.05, 3.63) is 35.1 Å². The van der Waals surface area contributed by atoms with Crippen molar-refractivity contribution in [3.8, 4) is 0 Å². The summed E-state index contributed by atoms with van der Waals surface area (Å²) < 4.78 is 5.05. The summed E-state index contributed by atoms with van der Waals surface area (Å²) in [5.74, 6) is 0.00219. The van der Waals surface area contributed by atoms with E-state index in [1.54, 1.807) is 0 Å². The van der Waals surface area contributed by atoms with Crippen molar-refractivity contribution >= 4 is 11.7 Å². The van der Waals surface area contributed by atoms with Crippen molar-refractivity contribution in [3.63, 3.8) is 0 Å². The molecule has 0 fully saturated rings. The van der Waals surface area contributed by atoms with Gasteiger partial charge in [-0.2, -0.15) is 0 Å². The van der Waals surface area contributed by atoms with Gasteiger partial charge in [0.2, 0.25) is 0 Å². The molecule has 1 atom stereocenters. The number of carbonyl (C=O) groups is 1. The summed E-state index contributed by atoms with van der Waals surface area (Å²) in [5, 5.41) is 0. The molecule has 3 aliphatic rings. The van der Waals surface area contributed by atoms with E-state index in [1.807, 2.05) is 25.2 Å². The van der Waals surface area contributed by atoms with Crippen LogP contribution in [-0.4, -0.2) is 18.3 Å². The highest BCUT2D eigenvalue weighted by molar-refractivity contribution is 6.07. The van der Waals surface area contributed by atoms with Gasteiger partial charge in [-0.25, -0.2) is 4.79 Å². The third-order valence-electron chi connectivity index (χ3n) is 3.73. The Bertz CT molecular complexity index is 509. The molecule has 18 heavy (non-hydrogen) atoms. The maximum Gasteiger partial charge on any atom is 0.337 e. The average Bonchev–Trinajstić information content (AvgIpc) is 2.76. The van der Waals surface area contributed by atoms with Crippen LogP contribution in [0, 0.1) is 5.92 Å². The fourth-order valence-corrected chi connectivity index (χ4v) is 2.87. The summed E-state index contributed by atoms with van der Waals surface area (Å²) in [5.41, 5.74) is 4.43. The van der Waals surface area contributed by atoms with Crippen LogP contribution >= 0.6 is 0 Å². The van der Waals surface area contributed by atoms with E-state index in [4.69, 9.17) is 4.74 Å². The molecule has 0 aromatic heterocycles. The molecular weight excluding hydrogens is 226 g/mol. The zero-order valence-electron chi connectivity index (χ0n) is 10.6. The number of nitrogens with zero attached hydrogens (tertiary/aromatic N) is 1. The summed E-state index contributed by atoms with van der Waals surface area (Å²) in [7, 11) is 0. The van der Waals surface area contributed by atoms with Crippen LogP contribution in [0.1, 0.15) is 32.6 Å². The number of ether oxygens (including phenoxy) is 1. The molecule has 0 aromatic carbocycles. The first kappa shape index (κ1) is 11.5. The lowest BCUT2D eigenvalue weighted by Crippen LogP contribution is -2.17. The van der Waals surface area contributed by atoms with Gasteiger partial charge < -0.3 is 4.74 Å². The highest BCUT2D eigenvalue weighted by atomic mass is 16.5. The molecular formula is C15H17NO2. The largest absolute Gasteiger partial charge is 0.462 e. The van der Waals surface area contributed by atoms with Gasteiger partial charge >= 0.3 is 5.97 Å². The second kappa shape index (κ2) is 4.56. The van der Waals surface area contributed by atoms with E-state index in [-0.39, 0.29) is 11.9 Å². The molecule has 3 nitrogen and oxygen atoms in total. The minimum absolute atomic E-state index is 0.224. The molecule has 1 aliphatic heterocycles. The topological polar surface area (TPSA) is 38.7 Å². The van der Waals surface area contributed by atoms with E-state index in [0.29, 0.717) is 12.2 Å². The van der Waals surface area contributed by atoms with Crippen molar-refractivity contribution in [2.45, 2.75) is 32.6 Å². The summed E-state index contributed by atoms with van der Waals surface area (Å²) in [6, 6.07) is 0. The summed E-state index contributed by atoms with van der Waals surface area (Å²) in [6.07, 6.45) is 10.5. The third-order valence-corrected chi connectivity index (χ3v) is 3.73. The number of fused-ring (bicyclic) bond motifs is 2. The first-order valence-corrected chi connectivity index (χ1v) is 6.67. The van der Waals surface area contributed by atoms with Gasteiger partial charge in [0.05, 0.1) is 17.9 Å². The Hall–Kier alpha value is -1.64. The molecule has 2 aliphatic carbocycles. The van der Waals surface area contributed by atoms with Crippen LogP contribution in [0.25, 0.3) is 0 Å². The van der Waals surface area contributed by atoms with Gasteiger partial charge in [0, 0.05) is 11.6 Å². The van der Waals surface area contributed by atoms with Gasteiger partial charge in [-0.15, -0.1) is 0 Å². The molecule has 0 aromatic rings. The molecule has 0 bridgehead atoms. The third kappa shape index (κ3) is 1.84. The Labute approximate surface area is 107 Å². The number of rotatable bonds is 2. The minimum atomic E-state index is -0.224. The first-order valence-electron chi connectivity index (χ1n) is 6.67. The predicted molar refractivity (Wildman–Crippen MR) is 70.3 cm³/mol. The van der Waals surface area contributed by atoms with Gasteiger partial charge in [0.25, 0.3) is 0 Å². The maximum atomic E-state index is 11.7. The maximum absolute atomic E-state index is 11.7. The van der Waals surface area contributed by atoms with E-state index >= 15 is 0 Å². The molecule has 0 saturated heterocycles. The Morgan fingerprint density at radius 3 is 3.06 bits per heavy atom. The Morgan fingerprint density at radius 1 is 1.39 bits per heavy atom. The highest BCUT2D eigenvalue weighted by Gasteiger charge is 2.31. The van der Waals surface area contributed by atoms with E-state index in [1.165, 1.54) is 24.1 Å². The van der Waals surface area contributed by atoms with Crippen LogP contribution in [0.15, 0.2) is 40.1 Å². The number of carbonyl (C=O) groups excluding carboxylic acids is 1. The zero-order valence-corrected chi connectivity index (χ0v) is 10.6. The number of allylic oxidation sites excluding steroid dienone is 4. The summed E-state index contributed by atoms with van der Waals surface area (Å²) in [6.45, 7) is 2.25. The fraction of sp³-hybridized carbons (Fsp3) is 0.467. The number of hydrogen-bond acceptors (Lipinski definition) is 3. The van der Waals surface area contributed by atoms with E-state index in [9.17, 15) is 4.79 Å². The molecule has 1 unspecified atom stereocenters. The summed E-state index contributed by atoms with van der Waals surface area (Å²) >= 11 is 0. The summed E-state index contributed by atoms with van der Waals surface area (Å²) in [4.78, 5) is 16.4. The van der Waals surface area contributed by atoms with Crippen molar-refractivity contribution in [2.75, 3.05) is 6.61 Å². The lowest BCUT2D eigenvalue weighted by atomic mass is 9.84. The second-order valence-electron chi connectivity index (χ2n) is 4.87. The zero-order chi connectivity index (χ0) is 12.5. The molecule has 3 rings (SSSR count). The molecule has 0 amide bonds. The molecule has 0 radical (unpaired) electrons. The number of aliphatic imine (C=N–C) groups is 1. The highest BCUT2D eigenvalue weighted by Crippen LogP contribution is 2.39. The van der Waals surface area contributed by atoms with Crippen LogP contribution in [0.3, 0.4) is 0 Å². The van der Waals surface area contributed by atoms with Crippen LogP contribution < -0.4 is 0 Å². The standard InChI is InChI=1S/C15H17NO2/c1-2-18-15(17)10-7-8-14-12(9-10)11-5-3-4-6-13(11)16-14/h7-9,12H,2-6H2,1H3. The minimum Gasteiger partial charge on any atom is -0.462 e. The monoisotopic (exact) mass is 243 g/mol. The quantitative estimate of drug-likeness (QED) is 0.699. The van der Waals surface area contributed by atoms with E-state index < -0.39 is 0 Å². The van der Waals surface area contributed by atoms with Crippen molar-refractivity contribution in [1.29, 1.82) is 0 Å². The molecule has 1 heterocycles. The normalized spacial score (nSPS) is 25.3. The Kier molecular flexibility index (Phi) is 2.90. The number of hydrogen-bond donors (Lipinski definition) is 0. The molecule has 0 saturated carbocycles. The molecule has 0 spiro atoms. The predicted octanol–water partition coefficient (Wildman–Crippen LogP) is 2.94. The van der Waals surface area contributed by atoms with Gasteiger partial charge in [-0.1, -0.05) is 6.08 Å². The molecule has 0 N–H and O–H groups in total. The van der Waals surface area contributed by atoms with Crippen LogP contribution in [-0.2, 0) is 9.53 Å². The Morgan fingerprint density at radius 2 is 2.22 bits per heavy atom. The lowest BCUT2D eigenvalue weighted by molar-refractivity contribution is -0.138. The van der Waals surface area contributed by atoms with Gasteiger partial charge in [-0.3, -0.25) is 4.99 Å². The van der Waals surface area contributed by atoms with Gasteiger partial charge in [0.1, 0.15) is 0 Å². The van der Waals surface area contributed by atoms with Crippen LogP contribution in [0.5, 0.6) is 0 Å². The smallest absolute Gasteiger partial charge is 0.337 e. The van der Waals surface area contributed by atoms with E-state index in [2.05, 4.69) is 4.99 Å². The van der Waals surface area contributed by atoms with Crippen molar-refractivity contribution in [2.24, 2.45) is 10.9 Å². The van der Waals surface area contributed by atoms with Gasteiger partial charge in [0.15, 0.2) is 0 Å². The van der Waals surface area contributed by atoms with Crippen LogP contribution in [0.2, 0.25) is 0 Å². The second-order valence-corrected chi connectivity index (χ2v) is 4.87. The Balaban J connectivity index is 1.88. The lowest BCUT2D eigenvalue weighted by Gasteiger charge is -2.19. The van der Waals surface area contributed by atoms with E-state index in [0.717, 1.165) is 18.6 Å². The van der Waals surface area contributed by atoms with Gasteiger partial charge in [-0.05, 0) is 50.3 Å².